The number of aliphatic hydroxyl groups excluding tert-OH is 1. The maximum Gasteiger partial charge on any atom is 0.281 e. The number of nitrogens with zero attached hydrogens (tertiary/aromatic N) is 3. The molecule has 2 aromatic carbocycles. The summed E-state index contributed by atoms with van der Waals surface area (Å²) in [7, 11) is -4.10. The van der Waals surface area contributed by atoms with Crippen LogP contribution in [0.2, 0.25) is 0 Å². The number of hydrogen-bond donors (Lipinski definition) is 2. The number of amides is 1. The summed E-state index contributed by atoms with van der Waals surface area (Å²) >= 11 is 5.48. The Morgan fingerprint density at radius 2 is 1.74 bits per heavy atom. The van der Waals surface area contributed by atoms with Gasteiger partial charge in [-0.05, 0) is 55.9 Å². The van der Waals surface area contributed by atoms with Crippen molar-refractivity contribution in [2.75, 3.05) is 22.1 Å². The molecule has 179 valence electrons. The largest absolute Gasteiger partial charge is 0.439 e. The van der Waals surface area contributed by atoms with Gasteiger partial charge in [0.05, 0.1) is 17.1 Å². The first-order valence-electron chi connectivity index (χ1n) is 10.5. The number of anilines is 2. The third kappa shape index (κ3) is 5.95. The molecule has 4 rings (SSSR count). The van der Waals surface area contributed by atoms with Crippen molar-refractivity contribution in [3.8, 4) is 5.75 Å². The molecule has 12 heteroatoms. The number of thiocarbonyl (C=S) groups is 1. The second-order valence-corrected chi connectivity index (χ2v) is 9.62. The van der Waals surface area contributed by atoms with Gasteiger partial charge in [0.25, 0.3) is 16.0 Å². The van der Waals surface area contributed by atoms with E-state index in [1.807, 2.05) is 24.3 Å². The summed E-state index contributed by atoms with van der Waals surface area (Å²) in [6.45, 7) is 1.77. The maximum atomic E-state index is 13.3. The van der Waals surface area contributed by atoms with Gasteiger partial charge in [-0.1, -0.05) is 30.3 Å². The van der Waals surface area contributed by atoms with Crippen LogP contribution >= 0.6 is 12.2 Å². The van der Waals surface area contributed by atoms with Gasteiger partial charge in [-0.15, -0.1) is 0 Å². The van der Waals surface area contributed by atoms with Crippen LogP contribution in [0.4, 0.5) is 11.4 Å². The molecule has 1 atom stereocenters. The zero-order valence-electron chi connectivity index (χ0n) is 19.2. The van der Waals surface area contributed by atoms with E-state index in [0.29, 0.717) is 17.3 Å². The zero-order chi connectivity index (χ0) is 24.5. The van der Waals surface area contributed by atoms with E-state index < -0.39 is 28.0 Å². The summed E-state index contributed by atoms with van der Waals surface area (Å²) in [5.41, 5.74) is 1.47. The first kappa shape index (κ1) is 27.3. The van der Waals surface area contributed by atoms with Gasteiger partial charge in [-0.25, -0.2) is 0 Å². The van der Waals surface area contributed by atoms with Gasteiger partial charge in [0, 0.05) is 42.2 Å². The molecular formula is C23H23N3NaO6S2. The molecule has 0 saturated carbocycles. The van der Waals surface area contributed by atoms with Crippen LogP contribution in [-0.4, -0.2) is 82.1 Å². The van der Waals surface area contributed by atoms with E-state index >= 15 is 0 Å². The molecule has 1 unspecified atom stereocenters. The number of fused-ring (bicyclic) bond motifs is 1. The monoisotopic (exact) mass is 524 g/mol. The average molecular weight is 525 g/mol. The third-order valence-electron chi connectivity index (χ3n) is 5.27. The Morgan fingerprint density at radius 1 is 1.09 bits per heavy atom. The molecule has 2 aliphatic heterocycles. The van der Waals surface area contributed by atoms with E-state index in [1.54, 1.807) is 41.3 Å². The zero-order valence-corrected chi connectivity index (χ0v) is 22.9. The molecule has 2 aliphatic rings. The third-order valence-corrected chi connectivity index (χ3v) is 6.46. The van der Waals surface area contributed by atoms with E-state index in [1.165, 1.54) is 22.8 Å². The van der Waals surface area contributed by atoms with Crippen LogP contribution in [0.25, 0.3) is 0 Å². The standard InChI is InChI=1S/C23H23N3O6S2.Na/c1-16(27)25-19(22(28)26(23(25)33)17-8-3-2-4-9-17)12-13-21-24(14-7-15-34(29,30)31)18-10-5-6-11-20(18)32-21;/h2-6,8-13,16,27H,7,14-15H2,1H3,(H,29,30,31);. The Labute approximate surface area is 231 Å². The van der Waals surface area contributed by atoms with Gasteiger partial charge in [-0.2, -0.15) is 8.42 Å². The van der Waals surface area contributed by atoms with Crippen molar-refractivity contribution in [2.24, 2.45) is 0 Å². The van der Waals surface area contributed by atoms with Gasteiger partial charge in [0.2, 0.25) is 5.88 Å². The molecule has 2 aromatic rings. The van der Waals surface area contributed by atoms with Gasteiger partial charge < -0.3 is 14.7 Å². The molecule has 9 nitrogen and oxygen atoms in total. The Balaban J connectivity index is 0.00000342. The van der Waals surface area contributed by atoms with E-state index in [0.717, 1.165) is 5.69 Å². The number of carbonyl (C=O) groups is 1. The van der Waals surface area contributed by atoms with Gasteiger partial charge in [-0.3, -0.25) is 19.1 Å². The predicted octanol–water partition coefficient (Wildman–Crippen LogP) is 2.48. The first-order chi connectivity index (χ1) is 16.2. The molecule has 1 saturated heterocycles. The number of carbonyl (C=O) groups excluding carboxylic acids is 1. The summed E-state index contributed by atoms with van der Waals surface area (Å²) < 4.78 is 37.3. The van der Waals surface area contributed by atoms with Crippen molar-refractivity contribution >= 4 is 74.3 Å². The summed E-state index contributed by atoms with van der Waals surface area (Å²) in [4.78, 5) is 17.7. The van der Waals surface area contributed by atoms with Gasteiger partial charge in [0.15, 0.2) is 10.9 Å². The number of allylic oxidation sites excluding steroid dienone is 2. The van der Waals surface area contributed by atoms with Crippen LogP contribution in [0.1, 0.15) is 13.3 Å². The molecule has 2 heterocycles. The number of aliphatic hydroxyl groups is 1. The molecule has 0 spiro atoms. The predicted molar refractivity (Wildman–Crippen MR) is 137 cm³/mol. The van der Waals surface area contributed by atoms with Crippen LogP contribution in [0.3, 0.4) is 0 Å². The van der Waals surface area contributed by atoms with E-state index in [4.69, 9.17) is 21.5 Å². The van der Waals surface area contributed by atoms with Crippen molar-refractivity contribution in [2.45, 2.75) is 19.6 Å². The van der Waals surface area contributed by atoms with Crippen LogP contribution in [0.15, 0.2) is 78.3 Å². The Bertz CT molecular complexity index is 1280. The van der Waals surface area contributed by atoms with Gasteiger partial charge in [0.1, 0.15) is 11.9 Å². The summed E-state index contributed by atoms with van der Waals surface area (Å²) in [5.74, 6) is 0.147. The van der Waals surface area contributed by atoms with Crippen LogP contribution in [0, 0.1) is 0 Å². The Kier molecular flexibility index (Phi) is 8.76. The molecule has 1 radical (unpaired) electrons. The van der Waals surface area contributed by atoms with Crippen molar-refractivity contribution in [1.82, 2.24) is 4.90 Å². The fraction of sp³-hybridized carbons (Fsp3) is 0.217. The molecule has 2 N–H and O–H groups in total. The normalized spacial score (nSPS) is 18.7. The fourth-order valence-corrected chi connectivity index (χ4v) is 4.73. The Hall–Kier alpha value is -2.25. The van der Waals surface area contributed by atoms with E-state index in [9.17, 15) is 18.3 Å². The van der Waals surface area contributed by atoms with Crippen molar-refractivity contribution in [3.05, 3.63) is 78.3 Å². The molecule has 1 fully saturated rings. The summed E-state index contributed by atoms with van der Waals surface area (Å²) in [6.07, 6.45) is 2.20. The Morgan fingerprint density at radius 3 is 2.40 bits per heavy atom. The van der Waals surface area contributed by atoms with Crippen LogP contribution in [-0.2, 0) is 14.9 Å². The number of ether oxygens (including phenoxy) is 1. The second kappa shape index (κ2) is 11.2. The number of rotatable bonds is 7. The van der Waals surface area contributed by atoms with Crippen LogP contribution in [0.5, 0.6) is 5.75 Å². The SMILES string of the molecule is CC(O)N1C(=S)N(c2ccccc2)C(=O)C1=CC=C1Oc2ccccc2N1CCCS(=O)(=O)O.[Na]. The molecule has 35 heavy (non-hydrogen) atoms. The van der Waals surface area contributed by atoms with E-state index in [-0.39, 0.29) is 53.3 Å². The summed E-state index contributed by atoms with van der Waals surface area (Å²) in [5, 5.41) is 10.5. The average Bonchev–Trinajstić information content (AvgIpc) is 3.26. The molecule has 0 bridgehead atoms. The number of para-hydroxylation sites is 3. The van der Waals surface area contributed by atoms with Crippen molar-refractivity contribution in [1.29, 1.82) is 0 Å². The molecule has 1 amide bonds. The minimum absolute atomic E-state index is 0. The molecular weight excluding hydrogens is 501 g/mol. The maximum absolute atomic E-state index is 13.3. The van der Waals surface area contributed by atoms with Crippen molar-refractivity contribution in [3.63, 3.8) is 0 Å². The smallest absolute Gasteiger partial charge is 0.281 e. The topological polar surface area (TPSA) is 111 Å². The molecule has 0 aliphatic carbocycles. The van der Waals surface area contributed by atoms with Crippen LogP contribution < -0.4 is 14.5 Å². The molecule has 0 aromatic heterocycles. The summed E-state index contributed by atoms with van der Waals surface area (Å²) in [6, 6.07) is 16.1. The first-order valence-corrected chi connectivity index (χ1v) is 12.5. The van der Waals surface area contributed by atoms with Gasteiger partial charge >= 0.3 is 0 Å². The minimum atomic E-state index is -4.10. The number of benzene rings is 2. The minimum Gasteiger partial charge on any atom is -0.439 e. The number of hydrogen-bond acceptors (Lipinski definition) is 7. The fourth-order valence-electron chi connectivity index (χ4n) is 3.80. The van der Waals surface area contributed by atoms with Crippen molar-refractivity contribution < 1.29 is 27.6 Å². The van der Waals surface area contributed by atoms with E-state index in [2.05, 4.69) is 0 Å². The second-order valence-electron chi connectivity index (χ2n) is 7.68. The quantitative estimate of drug-likeness (QED) is 0.244.